The van der Waals surface area contributed by atoms with Crippen LogP contribution in [0.5, 0.6) is 11.5 Å². The molecule has 0 spiro atoms. The Labute approximate surface area is 205 Å². The van der Waals surface area contributed by atoms with E-state index in [0.717, 1.165) is 6.42 Å². The van der Waals surface area contributed by atoms with E-state index in [1.165, 1.54) is 25.4 Å². The van der Waals surface area contributed by atoms with E-state index in [4.69, 9.17) is 14.2 Å². The molecule has 35 heavy (non-hydrogen) atoms. The number of ether oxygens (including phenoxy) is 3. The van der Waals surface area contributed by atoms with E-state index >= 15 is 0 Å². The number of carbonyl (C=O) groups is 1. The van der Waals surface area contributed by atoms with Crippen LogP contribution in [0, 0.1) is 5.92 Å². The van der Waals surface area contributed by atoms with Crippen LogP contribution in [0.15, 0.2) is 58.5 Å². The summed E-state index contributed by atoms with van der Waals surface area (Å²) in [5, 5.41) is 0.662. The van der Waals surface area contributed by atoms with Gasteiger partial charge in [0.2, 0.25) is 9.84 Å². The van der Waals surface area contributed by atoms with Crippen LogP contribution in [0.2, 0.25) is 0 Å². The normalized spacial score (nSPS) is 16.2. The van der Waals surface area contributed by atoms with Crippen molar-refractivity contribution in [1.29, 1.82) is 0 Å². The molecule has 2 heterocycles. The first-order chi connectivity index (χ1) is 16.9. The van der Waals surface area contributed by atoms with E-state index in [0.29, 0.717) is 60.8 Å². The summed E-state index contributed by atoms with van der Waals surface area (Å²) in [5.74, 6) is 0.597. The fraction of sp³-hybridized carbons (Fsp3) is 0.385. The van der Waals surface area contributed by atoms with E-state index in [1.54, 1.807) is 19.1 Å². The van der Waals surface area contributed by atoms with Crippen LogP contribution in [0.25, 0.3) is 10.9 Å². The number of fused-ring (bicyclic) bond motifs is 1. The third-order valence-corrected chi connectivity index (χ3v) is 7.88. The Morgan fingerprint density at radius 3 is 2.51 bits per heavy atom. The molecule has 1 saturated heterocycles. The smallest absolute Gasteiger partial charge is 0.310 e. The molecule has 1 aliphatic rings. The number of hydrogen-bond donors (Lipinski definition) is 0. The molecule has 0 aliphatic carbocycles. The number of pyridine rings is 1. The second-order valence-corrected chi connectivity index (χ2v) is 10.2. The summed E-state index contributed by atoms with van der Waals surface area (Å²) >= 11 is 0. The summed E-state index contributed by atoms with van der Waals surface area (Å²) in [7, 11) is -2.40. The maximum absolute atomic E-state index is 13.8. The molecule has 1 aromatic heterocycles. The lowest BCUT2D eigenvalue weighted by molar-refractivity contribution is -0.148. The maximum Gasteiger partial charge on any atom is 0.310 e. The van der Waals surface area contributed by atoms with Crippen molar-refractivity contribution in [1.82, 2.24) is 4.98 Å². The van der Waals surface area contributed by atoms with Gasteiger partial charge in [-0.2, -0.15) is 0 Å². The SMILES string of the molecule is CCOC(=O)[C@@H]1CCCN(c2c(S(=O)(=O)c3ccc(OC)cc3)cnc3ccc(OCC)cc23)C1. The summed E-state index contributed by atoms with van der Waals surface area (Å²) in [6.45, 7) is 5.43. The minimum atomic E-state index is -3.93. The van der Waals surface area contributed by atoms with Crippen molar-refractivity contribution < 1.29 is 27.4 Å². The van der Waals surface area contributed by atoms with Crippen molar-refractivity contribution in [2.45, 2.75) is 36.5 Å². The fourth-order valence-electron chi connectivity index (χ4n) is 4.43. The van der Waals surface area contributed by atoms with Gasteiger partial charge in [-0.05, 0) is 69.2 Å². The van der Waals surface area contributed by atoms with Gasteiger partial charge in [-0.1, -0.05) is 0 Å². The average molecular weight is 499 g/mol. The minimum absolute atomic E-state index is 0.0910. The number of hydrogen-bond acceptors (Lipinski definition) is 8. The van der Waals surface area contributed by atoms with Crippen LogP contribution in [-0.2, 0) is 19.4 Å². The second kappa shape index (κ2) is 10.5. The third kappa shape index (κ3) is 5.05. The maximum atomic E-state index is 13.8. The van der Waals surface area contributed by atoms with Crippen molar-refractivity contribution in [3.8, 4) is 11.5 Å². The lowest BCUT2D eigenvalue weighted by Gasteiger charge is -2.35. The Morgan fingerprint density at radius 2 is 1.83 bits per heavy atom. The van der Waals surface area contributed by atoms with Crippen molar-refractivity contribution in [3.05, 3.63) is 48.7 Å². The van der Waals surface area contributed by atoms with Crippen molar-refractivity contribution >= 4 is 32.4 Å². The number of carbonyl (C=O) groups excluding carboxylic acids is 1. The number of rotatable bonds is 8. The van der Waals surface area contributed by atoms with Gasteiger partial charge in [-0.15, -0.1) is 0 Å². The van der Waals surface area contributed by atoms with Crippen LogP contribution < -0.4 is 14.4 Å². The van der Waals surface area contributed by atoms with Crippen LogP contribution in [0.4, 0.5) is 5.69 Å². The van der Waals surface area contributed by atoms with Gasteiger partial charge in [0.1, 0.15) is 16.4 Å². The zero-order valence-corrected chi connectivity index (χ0v) is 21.0. The highest BCUT2D eigenvalue weighted by atomic mass is 32.2. The predicted molar refractivity (Wildman–Crippen MR) is 133 cm³/mol. The van der Waals surface area contributed by atoms with Crippen molar-refractivity contribution in [2.24, 2.45) is 5.92 Å². The number of esters is 1. The van der Waals surface area contributed by atoms with Gasteiger partial charge in [-0.25, -0.2) is 8.42 Å². The Balaban J connectivity index is 1.88. The zero-order chi connectivity index (χ0) is 25.0. The van der Waals surface area contributed by atoms with Gasteiger partial charge < -0.3 is 19.1 Å². The van der Waals surface area contributed by atoms with E-state index in [2.05, 4.69) is 4.98 Å². The van der Waals surface area contributed by atoms with Crippen molar-refractivity contribution in [2.75, 3.05) is 38.3 Å². The molecule has 1 fully saturated rings. The molecule has 9 heteroatoms. The second-order valence-electron chi connectivity index (χ2n) is 8.30. The van der Waals surface area contributed by atoms with E-state index in [9.17, 15) is 13.2 Å². The summed E-state index contributed by atoms with van der Waals surface area (Å²) in [5.41, 5.74) is 1.18. The number of sulfone groups is 1. The molecule has 1 atom stereocenters. The first-order valence-corrected chi connectivity index (χ1v) is 13.2. The summed E-state index contributed by atoms with van der Waals surface area (Å²) in [6.07, 6.45) is 2.84. The first kappa shape index (κ1) is 24.8. The molecular formula is C26H30N2O6S. The highest BCUT2D eigenvalue weighted by Gasteiger charge is 2.32. The van der Waals surface area contributed by atoms with Crippen LogP contribution in [-0.4, -0.2) is 52.8 Å². The largest absolute Gasteiger partial charge is 0.497 e. The molecule has 4 rings (SSSR count). The zero-order valence-electron chi connectivity index (χ0n) is 20.2. The van der Waals surface area contributed by atoms with Crippen LogP contribution >= 0.6 is 0 Å². The molecule has 8 nitrogen and oxygen atoms in total. The molecule has 3 aromatic rings. The molecular weight excluding hydrogens is 468 g/mol. The number of aromatic nitrogens is 1. The lowest BCUT2D eigenvalue weighted by atomic mass is 9.97. The van der Waals surface area contributed by atoms with Gasteiger partial charge in [0.15, 0.2) is 0 Å². The van der Waals surface area contributed by atoms with Gasteiger partial charge in [0.05, 0.1) is 42.3 Å². The predicted octanol–water partition coefficient (Wildman–Crippen LogP) is 4.25. The van der Waals surface area contributed by atoms with Crippen LogP contribution in [0.3, 0.4) is 0 Å². The Morgan fingerprint density at radius 1 is 1.09 bits per heavy atom. The molecule has 0 radical (unpaired) electrons. The molecule has 2 aromatic carbocycles. The monoisotopic (exact) mass is 498 g/mol. The molecule has 0 saturated carbocycles. The molecule has 186 valence electrons. The van der Waals surface area contributed by atoms with Gasteiger partial charge >= 0.3 is 5.97 Å². The molecule has 0 N–H and O–H groups in total. The fourth-order valence-corrected chi connectivity index (χ4v) is 5.87. The topological polar surface area (TPSA) is 95.0 Å². The Bertz CT molecular complexity index is 1310. The minimum Gasteiger partial charge on any atom is -0.497 e. The number of methoxy groups -OCH3 is 1. The molecule has 0 unspecified atom stereocenters. The van der Waals surface area contributed by atoms with Gasteiger partial charge in [-0.3, -0.25) is 9.78 Å². The summed E-state index contributed by atoms with van der Waals surface area (Å²) in [4.78, 5) is 19.2. The highest BCUT2D eigenvalue weighted by molar-refractivity contribution is 7.91. The Kier molecular flexibility index (Phi) is 7.45. The number of piperidine rings is 1. The first-order valence-electron chi connectivity index (χ1n) is 11.7. The quantitative estimate of drug-likeness (QED) is 0.425. The van der Waals surface area contributed by atoms with E-state index < -0.39 is 9.84 Å². The highest BCUT2D eigenvalue weighted by Crippen LogP contribution is 2.39. The van der Waals surface area contributed by atoms with Gasteiger partial charge in [0, 0.05) is 24.7 Å². The molecule has 0 amide bonds. The number of nitrogens with zero attached hydrogens (tertiary/aromatic N) is 2. The van der Waals surface area contributed by atoms with E-state index in [-0.39, 0.29) is 21.7 Å². The standard InChI is InChI=1S/C26H30N2O6S/c1-4-33-20-10-13-23-22(15-20)25(28-14-6-7-18(17-28)26(29)34-5-2)24(16-27-23)35(30,31)21-11-8-19(32-3)9-12-21/h8-13,15-16,18H,4-7,14,17H2,1-3H3/t18-/m1/s1. The summed E-state index contributed by atoms with van der Waals surface area (Å²) in [6, 6.07) is 11.7. The number of anilines is 1. The molecule has 1 aliphatic heterocycles. The lowest BCUT2D eigenvalue weighted by Crippen LogP contribution is -2.40. The molecule has 0 bridgehead atoms. The average Bonchev–Trinajstić information content (AvgIpc) is 2.88. The van der Waals surface area contributed by atoms with Gasteiger partial charge in [0.25, 0.3) is 0 Å². The summed E-state index contributed by atoms with van der Waals surface area (Å²) < 4.78 is 43.8. The number of benzene rings is 2. The van der Waals surface area contributed by atoms with E-state index in [1.807, 2.05) is 30.0 Å². The Hall–Kier alpha value is -3.33. The van der Waals surface area contributed by atoms with Crippen molar-refractivity contribution in [3.63, 3.8) is 0 Å². The van der Waals surface area contributed by atoms with Crippen LogP contribution in [0.1, 0.15) is 26.7 Å². The third-order valence-electron chi connectivity index (χ3n) is 6.11.